The number of nitrogens with one attached hydrogen (secondary N) is 1. The number of allylic oxidation sites excluding steroid dienone is 1. The van der Waals surface area contributed by atoms with E-state index >= 15 is 0 Å². The number of carbonyl (C=O) groups is 1. The van der Waals surface area contributed by atoms with E-state index in [9.17, 15) is 14.4 Å². The molecule has 1 N–H and O–H groups in total. The van der Waals surface area contributed by atoms with Gasteiger partial charge in [-0.3, -0.25) is 14.2 Å². The van der Waals surface area contributed by atoms with Crippen LogP contribution in [0.5, 0.6) is 5.75 Å². The lowest BCUT2D eigenvalue weighted by atomic mass is 9.95. The molecule has 0 amide bonds. The van der Waals surface area contributed by atoms with Crippen molar-refractivity contribution < 1.29 is 14.3 Å². The van der Waals surface area contributed by atoms with Crippen molar-refractivity contribution in [2.45, 2.75) is 26.8 Å². The number of nitrogens with zero attached hydrogens (tertiary/aromatic N) is 2. The summed E-state index contributed by atoms with van der Waals surface area (Å²) in [5, 5.41) is 0.803. The largest absolute Gasteiger partial charge is 0.497 e. The van der Waals surface area contributed by atoms with Gasteiger partial charge in [-0.25, -0.2) is 9.79 Å². The van der Waals surface area contributed by atoms with Gasteiger partial charge in [-0.1, -0.05) is 41.2 Å². The Morgan fingerprint density at radius 3 is 2.59 bits per heavy atom. The van der Waals surface area contributed by atoms with E-state index in [4.69, 9.17) is 9.47 Å². The van der Waals surface area contributed by atoms with Crippen molar-refractivity contribution in [3.8, 4) is 5.75 Å². The van der Waals surface area contributed by atoms with Crippen LogP contribution < -0.4 is 25.2 Å². The zero-order chi connectivity index (χ0) is 26.3. The number of ether oxygens (including phenoxy) is 2. The molecule has 2 aromatic heterocycles. The van der Waals surface area contributed by atoms with Gasteiger partial charge in [-0.05, 0) is 56.0 Å². The number of rotatable bonds is 5. The Morgan fingerprint density at radius 1 is 1.14 bits per heavy atom. The highest BCUT2D eigenvalue weighted by Crippen LogP contribution is 2.30. The number of H-pyrrole nitrogens is 1. The Hall–Kier alpha value is -4.24. The van der Waals surface area contributed by atoms with Crippen LogP contribution in [-0.4, -0.2) is 29.2 Å². The first kappa shape index (κ1) is 24.5. The number of aryl methyl sites for hydroxylation is 1. The molecule has 3 heterocycles. The molecule has 4 aromatic rings. The summed E-state index contributed by atoms with van der Waals surface area (Å²) in [6, 6.07) is 14.1. The van der Waals surface area contributed by atoms with E-state index in [1.807, 2.05) is 37.3 Å². The molecule has 0 saturated carbocycles. The molecular weight excluding hydrogens is 490 g/mol. The van der Waals surface area contributed by atoms with Gasteiger partial charge < -0.3 is 14.5 Å². The number of benzene rings is 2. The molecule has 1 aliphatic heterocycles. The van der Waals surface area contributed by atoms with Gasteiger partial charge in [0.05, 0.1) is 41.1 Å². The first-order chi connectivity index (χ1) is 17.8. The van der Waals surface area contributed by atoms with Gasteiger partial charge >= 0.3 is 5.97 Å². The number of aromatic amines is 1. The fourth-order valence-corrected chi connectivity index (χ4v) is 5.47. The Labute approximate surface area is 215 Å². The third-order valence-corrected chi connectivity index (χ3v) is 7.26. The molecule has 0 spiro atoms. The predicted octanol–water partition coefficient (Wildman–Crippen LogP) is 2.96. The van der Waals surface area contributed by atoms with Gasteiger partial charge in [-0.15, -0.1) is 0 Å². The number of methoxy groups -OCH3 is 1. The Bertz CT molecular complexity index is 1810. The van der Waals surface area contributed by atoms with E-state index in [0.29, 0.717) is 37.4 Å². The summed E-state index contributed by atoms with van der Waals surface area (Å²) in [6.45, 7) is 5.66. The lowest BCUT2D eigenvalue weighted by molar-refractivity contribution is -0.139. The quantitative estimate of drug-likeness (QED) is 0.412. The highest BCUT2D eigenvalue weighted by Gasteiger charge is 2.33. The fourth-order valence-electron chi connectivity index (χ4n) is 4.43. The average Bonchev–Trinajstić information content (AvgIpc) is 3.18. The molecule has 1 unspecified atom stereocenters. The molecular formula is C28H25N3O5S. The molecule has 5 rings (SSSR count). The monoisotopic (exact) mass is 515 g/mol. The molecule has 1 aliphatic rings. The lowest BCUT2D eigenvalue weighted by Crippen LogP contribution is -2.40. The topological polar surface area (TPSA) is 103 Å². The number of hydrogen-bond donors (Lipinski definition) is 1. The van der Waals surface area contributed by atoms with Crippen molar-refractivity contribution in [1.29, 1.82) is 0 Å². The van der Waals surface area contributed by atoms with Crippen LogP contribution in [0.25, 0.3) is 17.0 Å². The summed E-state index contributed by atoms with van der Waals surface area (Å²) in [6.07, 6.45) is 1.57. The van der Waals surface area contributed by atoms with E-state index in [-0.39, 0.29) is 17.7 Å². The first-order valence-electron chi connectivity index (χ1n) is 11.8. The number of hydrogen-bond acceptors (Lipinski definition) is 7. The van der Waals surface area contributed by atoms with Crippen LogP contribution >= 0.6 is 11.3 Å². The highest BCUT2D eigenvalue weighted by atomic mass is 32.1. The molecule has 0 saturated heterocycles. The first-order valence-corrected chi connectivity index (χ1v) is 12.6. The van der Waals surface area contributed by atoms with Crippen LogP contribution in [0.1, 0.15) is 36.6 Å². The molecule has 1 atom stereocenters. The van der Waals surface area contributed by atoms with Gasteiger partial charge in [-0.2, -0.15) is 0 Å². The number of aromatic nitrogens is 2. The maximum Gasteiger partial charge on any atom is 0.338 e. The number of esters is 1. The van der Waals surface area contributed by atoms with E-state index in [1.54, 1.807) is 45.2 Å². The van der Waals surface area contributed by atoms with E-state index in [0.717, 1.165) is 16.5 Å². The van der Waals surface area contributed by atoms with Gasteiger partial charge in [0.2, 0.25) is 0 Å². The third kappa shape index (κ3) is 4.42. The van der Waals surface area contributed by atoms with Gasteiger partial charge in [0.15, 0.2) is 4.80 Å². The van der Waals surface area contributed by atoms with Crippen molar-refractivity contribution in [2.24, 2.45) is 4.99 Å². The summed E-state index contributed by atoms with van der Waals surface area (Å²) in [7, 11) is 1.56. The van der Waals surface area contributed by atoms with Crippen LogP contribution in [0, 0.1) is 6.92 Å². The minimum atomic E-state index is -0.694. The van der Waals surface area contributed by atoms with Gasteiger partial charge in [0.1, 0.15) is 5.75 Å². The maximum atomic E-state index is 13.7. The van der Waals surface area contributed by atoms with Crippen molar-refractivity contribution in [3.05, 3.63) is 107 Å². The summed E-state index contributed by atoms with van der Waals surface area (Å²) in [4.78, 5) is 47.5. The summed E-state index contributed by atoms with van der Waals surface area (Å²) in [5.41, 5.74) is 2.96. The molecule has 8 nitrogen and oxygen atoms in total. The van der Waals surface area contributed by atoms with Crippen molar-refractivity contribution in [2.75, 3.05) is 13.7 Å². The molecule has 0 aliphatic carbocycles. The van der Waals surface area contributed by atoms with Gasteiger partial charge in [0.25, 0.3) is 11.1 Å². The molecule has 9 heteroatoms. The Kier molecular flexibility index (Phi) is 6.39. The van der Waals surface area contributed by atoms with Crippen molar-refractivity contribution >= 4 is 34.3 Å². The second-order valence-electron chi connectivity index (χ2n) is 8.72. The standard InChI is InChI=1S/C28H25N3O5S/c1-5-36-27(34)23-16(3)29-28-31(24(23)17-8-6-15(2)7-9-17)26(33)22(37-28)13-19-12-18-10-11-20(35-4)14-21(18)30-25(19)32/h6-14,24H,5H2,1-4H3,(H,30,32)/b22-13-. The van der Waals surface area contributed by atoms with Crippen LogP contribution in [0.2, 0.25) is 0 Å². The zero-order valence-electron chi connectivity index (χ0n) is 20.8. The van der Waals surface area contributed by atoms with Gasteiger partial charge in [0, 0.05) is 11.6 Å². The zero-order valence-corrected chi connectivity index (χ0v) is 21.6. The molecule has 37 heavy (non-hydrogen) atoms. The number of fused-ring (bicyclic) bond motifs is 2. The van der Waals surface area contributed by atoms with Crippen LogP contribution in [-0.2, 0) is 9.53 Å². The van der Waals surface area contributed by atoms with Crippen molar-refractivity contribution in [3.63, 3.8) is 0 Å². The minimum Gasteiger partial charge on any atom is -0.497 e. The number of pyridine rings is 1. The number of thiazole rings is 1. The summed E-state index contributed by atoms with van der Waals surface area (Å²) in [5.74, 6) is 0.123. The average molecular weight is 516 g/mol. The highest BCUT2D eigenvalue weighted by molar-refractivity contribution is 7.07. The van der Waals surface area contributed by atoms with Crippen molar-refractivity contribution in [1.82, 2.24) is 9.55 Å². The van der Waals surface area contributed by atoms with E-state index in [1.165, 1.54) is 15.9 Å². The SMILES string of the molecule is CCOC(=O)C1=C(C)N=c2s/c(=C\c3cc4ccc(OC)cc4[nH]c3=O)c(=O)n2C1c1ccc(C)cc1. The van der Waals surface area contributed by atoms with Crippen LogP contribution in [0.4, 0.5) is 0 Å². The molecule has 0 radical (unpaired) electrons. The smallest absolute Gasteiger partial charge is 0.338 e. The number of carbonyl (C=O) groups excluding carboxylic acids is 1. The molecule has 0 bridgehead atoms. The van der Waals surface area contributed by atoms with Crippen LogP contribution in [0.15, 0.2) is 74.4 Å². The Balaban J connectivity index is 1.71. The Morgan fingerprint density at radius 2 is 1.89 bits per heavy atom. The third-order valence-electron chi connectivity index (χ3n) is 6.28. The molecule has 2 aromatic carbocycles. The fraction of sp³-hybridized carbons (Fsp3) is 0.214. The second-order valence-corrected chi connectivity index (χ2v) is 9.73. The minimum absolute atomic E-state index is 0.206. The normalized spacial score (nSPS) is 15.5. The second kappa shape index (κ2) is 9.67. The molecule has 188 valence electrons. The molecule has 0 fully saturated rings. The van der Waals surface area contributed by atoms with E-state index < -0.39 is 12.0 Å². The summed E-state index contributed by atoms with van der Waals surface area (Å²) >= 11 is 1.18. The predicted molar refractivity (Wildman–Crippen MR) is 143 cm³/mol. The summed E-state index contributed by atoms with van der Waals surface area (Å²) < 4.78 is 12.4. The maximum absolute atomic E-state index is 13.7. The van der Waals surface area contributed by atoms with Crippen LogP contribution in [0.3, 0.4) is 0 Å². The van der Waals surface area contributed by atoms with E-state index in [2.05, 4.69) is 9.98 Å². The lowest BCUT2D eigenvalue weighted by Gasteiger charge is -2.24.